The first-order valence-electron chi connectivity index (χ1n) is 7.96. The maximum Gasteiger partial charge on any atom is 0.251 e. The maximum atomic E-state index is 12.5. The molecule has 23 heavy (non-hydrogen) atoms. The Kier molecular flexibility index (Phi) is 5.93. The molecule has 1 atom stereocenters. The number of rotatable bonds is 7. The Morgan fingerprint density at radius 1 is 1.35 bits per heavy atom. The molecule has 0 spiro atoms. The number of amides is 1. The van der Waals surface area contributed by atoms with Crippen molar-refractivity contribution < 1.29 is 4.79 Å². The van der Waals surface area contributed by atoms with Crippen molar-refractivity contribution >= 4 is 5.91 Å². The van der Waals surface area contributed by atoms with Gasteiger partial charge in [-0.15, -0.1) is 0 Å². The number of aromatic nitrogens is 2. The minimum atomic E-state index is -0.00310. The van der Waals surface area contributed by atoms with E-state index in [9.17, 15) is 4.79 Å². The maximum absolute atomic E-state index is 12.5. The molecule has 1 N–H and O–H groups in total. The molecule has 2 aromatic rings. The average molecular weight is 314 g/mol. The van der Waals surface area contributed by atoms with Crippen LogP contribution in [-0.2, 0) is 13.1 Å². The monoisotopic (exact) mass is 314 g/mol. The van der Waals surface area contributed by atoms with Gasteiger partial charge in [-0.25, -0.2) is 4.98 Å². The molecule has 1 aromatic heterocycles. The molecule has 1 unspecified atom stereocenters. The Labute approximate surface area is 138 Å². The van der Waals surface area contributed by atoms with Crippen molar-refractivity contribution in [2.75, 3.05) is 20.6 Å². The van der Waals surface area contributed by atoms with Gasteiger partial charge in [-0.3, -0.25) is 4.79 Å². The highest BCUT2D eigenvalue weighted by Gasteiger charge is 2.13. The SMILES string of the molecule is Cc1nccn1CC(C)CNC(=O)c1ccccc1CN(C)C. The predicted octanol–water partition coefficient (Wildman–Crippen LogP) is 2.32. The third-order valence-electron chi connectivity index (χ3n) is 3.79. The fraction of sp³-hybridized carbons (Fsp3) is 0.444. The summed E-state index contributed by atoms with van der Waals surface area (Å²) in [5.74, 6) is 1.34. The standard InChI is InChI=1S/C18H26N4O/c1-14(12-22-10-9-19-15(22)2)11-20-18(23)17-8-6-5-7-16(17)13-21(3)4/h5-10,14H,11-13H2,1-4H3,(H,20,23). The van der Waals surface area contributed by atoms with E-state index < -0.39 is 0 Å². The van der Waals surface area contributed by atoms with Gasteiger partial charge in [0.15, 0.2) is 0 Å². The van der Waals surface area contributed by atoms with Crippen LogP contribution < -0.4 is 5.32 Å². The summed E-state index contributed by atoms with van der Waals surface area (Å²) in [4.78, 5) is 18.8. The van der Waals surface area contributed by atoms with Crippen LogP contribution in [0.25, 0.3) is 0 Å². The van der Waals surface area contributed by atoms with Crippen molar-refractivity contribution in [1.82, 2.24) is 19.8 Å². The second-order valence-electron chi connectivity index (χ2n) is 6.34. The van der Waals surface area contributed by atoms with E-state index in [0.29, 0.717) is 12.5 Å². The number of carbonyl (C=O) groups excluding carboxylic acids is 1. The number of carbonyl (C=O) groups is 1. The first-order chi connectivity index (χ1) is 11.0. The van der Waals surface area contributed by atoms with E-state index in [2.05, 4.69) is 26.7 Å². The van der Waals surface area contributed by atoms with E-state index in [1.54, 1.807) is 6.20 Å². The molecule has 0 saturated carbocycles. The van der Waals surface area contributed by atoms with Crippen molar-refractivity contribution in [3.05, 3.63) is 53.6 Å². The molecule has 0 aliphatic rings. The molecule has 1 aromatic carbocycles. The molecule has 1 amide bonds. The smallest absolute Gasteiger partial charge is 0.251 e. The van der Waals surface area contributed by atoms with Crippen molar-refractivity contribution in [3.63, 3.8) is 0 Å². The van der Waals surface area contributed by atoms with Gasteiger partial charge in [0.25, 0.3) is 5.91 Å². The predicted molar refractivity (Wildman–Crippen MR) is 92.3 cm³/mol. The second-order valence-corrected chi connectivity index (χ2v) is 6.34. The summed E-state index contributed by atoms with van der Waals surface area (Å²) in [6, 6.07) is 7.78. The highest BCUT2D eigenvalue weighted by Crippen LogP contribution is 2.11. The molecule has 0 saturated heterocycles. The lowest BCUT2D eigenvalue weighted by Gasteiger charge is -2.17. The average Bonchev–Trinajstić information content (AvgIpc) is 2.90. The number of imidazole rings is 1. The molecule has 0 fully saturated rings. The van der Waals surface area contributed by atoms with Crippen molar-refractivity contribution in [2.45, 2.75) is 26.9 Å². The van der Waals surface area contributed by atoms with Gasteiger partial charge in [-0.05, 0) is 38.6 Å². The molecule has 5 heteroatoms. The van der Waals surface area contributed by atoms with Crippen LogP contribution in [-0.4, -0.2) is 41.0 Å². The summed E-state index contributed by atoms with van der Waals surface area (Å²) in [6.07, 6.45) is 3.78. The van der Waals surface area contributed by atoms with Crippen LogP contribution in [0.3, 0.4) is 0 Å². The first-order valence-corrected chi connectivity index (χ1v) is 7.96. The highest BCUT2D eigenvalue weighted by atomic mass is 16.1. The Balaban J connectivity index is 1.93. The van der Waals surface area contributed by atoms with Crippen LogP contribution in [0.1, 0.15) is 28.7 Å². The fourth-order valence-corrected chi connectivity index (χ4v) is 2.58. The number of nitrogens with one attached hydrogen (secondary N) is 1. The number of nitrogens with zero attached hydrogens (tertiary/aromatic N) is 3. The van der Waals surface area contributed by atoms with Crippen LogP contribution in [0.4, 0.5) is 0 Å². The van der Waals surface area contributed by atoms with Crippen LogP contribution in [0.5, 0.6) is 0 Å². The van der Waals surface area contributed by atoms with Gasteiger partial charge in [0.2, 0.25) is 0 Å². The lowest BCUT2D eigenvalue weighted by Crippen LogP contribution is -2.31. The van der Waals surface area contributed by atoms with E-state index in [1.165, 1.54) is 0 Å². The third kappa shape index (κ3) is 4.93. The summed E-state index contributed by atoms with van der Waals surface area (Å²) < 4.78 is 2.11. The third-order valence-corrected chi connectivity index (χ3v) is 3.79. The summed E-state index contributed by atoms with van der Waals surface area (Å²) in [6.45, 7) is 6.37. The zero-order valence-corrected chi connectivity index (χ0v) is 14.4. The van der Waals surface area contributed by atoms with E-state index in [0.717, 1.165) is 30.0 Å². The normalized spacial score (nSPS) is 12.4. The zero-order chi connectivity index (χ0) is 16.8. The number of benzene rings is 1. The van der Waals surface area contributed by atoms with Crippen LogP contribution >= 0.6 is 0 Å². The highest BCUT2D eigenvalue weighted by molar-refractivity contribution is 5.95. The summed E-state index contributed by atoms with van der Waals surface area (Å²) in [5.41, 5.74) is 1.81. The van der Waals surface area contributed by atoms with E-state index in [4.69, 9.17) is 0 Å². The second kappa shape index (κ2) is 7.92. The van der Waals surface area contributed by atoms with Gasteiger partial charge in [0.05, 0.1) is 0 Å². The topological polar surface area (TPSA) is 50.2 Å². The van der Waals surface area contributed by atoms with Crippen molar-refractivity contribution in [2.24, 2.45) is 5.92 Å². The zero-order valence-electron chi connectivity index (χ0n) is 14.4. The van der Waals surface area contributed by atoms with E-state index in [-0.39, 0.29) is 5.91 Å². The Morgan fingerprint density at radius 3 is 2.74 bits per heavy atom. The van der Waals surface area contributed by atoms with Gasteiger partial charge in [-0.1, -0.05) is 25.1 Å². The van der Waals surface area contributed by atoms with Gasteiger partial charge in [0.1, 0.15) is 5.82 Å². The quantitative estimate of drug-likeness (QED) is 0.853. The lowest BCUT2D eigenvalue weighted by atomic mass is 10.1. The van der Waals surface area contributed by atoms with Gasteiger partial charge >= 0.3 is 0 Å². The molecule has 0 aliphatic heterocycles. The largest absolute Gasteiger partial charge is 0.352 e. The molecule has 0 radical (unpaired) electrons. The van der Waals surface area contributed by atoms with Crippen LogP contribution in [0.2, 0.25) is 0 Å². The summed E-state index contributed by atoms with van der Waals surface area (Å²) in [7, 11) is 4.01. The molecule has 5 nitrogen and oxygen atoms in total. The number of hydrogen-bond donors (Lipinski definition) is 1. The van der Waals surface area contributed by atoms with Crippen molar-refractivity contribution in [1.29, 1.82) is 0 Å². The molecule has 0 aliphatic carbocycles. The van der Waals surface area contributed by atoms with Gasteiger partial charge in [-0.2, -0.15) is 0 Å². The molecular weight excluding hydrogens is 288 g/mol. The van der Waals surface area contributed by atoms with Crippen molar-refractivity contribution in [3.8, 4) is 0 Å². The minimum Gasteiger partial charge on any atom is -0.352 e. The van der Waals surface area contributed by atoms with Gasteiger partial charge < -0.3 is 14.8 Å². The van der Waals surface area contributed by atoms with Crippen LogP contribution in [0, 0.1) is 12.8 Å². The Bertz CT molecular complexity index is 648. The Morgan fingerprint density at radius 2 is 2.09 bits per heavy atom. The number of hydrogen-bond acceptors (Lipinski definition) is 3. The molecule has 0 bridgehead atoms. The number of aryl methyl sites for hydroxylation is 1. The van der Waals surface area contributed by atoms with E-state index >= 15 is 0 Å². The van der Waals surface area contributed by atoms with E-state index in [1.807, 2.05) is 51.5 Å². The Hall–Kier alpha value is -2.14. The molecular formula is C18H26N4O. The van der Waals surface area contributed by atoms with Crippen LogP contribution in [0.15, 0.2) is 36.7 Å². The molecule has 2 rings (SSSR count). The minimum absolute atomic E-state index is 0.00310. The first kappa shape index (κ1) is 17.2. The fourth-order valence-electron chi connectivity index (χ4n) is 2.58. The van der Waals surface area contributed by atoms with Gasteiger partial charge in [0, 0.05) is 37.6 Å². The molecule has 124 valence electrons. The summed E-state index contributed by atoms with van der Waals surface area (Å²) >= 11 is 0. The molecule has 1 heterocycles. The summed E-state index contributed by atoms with van der Waals surface area (Å²) in [5, 5.41) is 3.05. The lowest BCUT2D eigenvalue weighted by molar-refractivity contribution is 0.0945.